The van der Waals surface area contributed by atoms with Crippen LogP contribution in [0.25, 0.3) is 0 Å². The lowest BCUT2D eigenvalue weighted by Crippen LogP contribution is -2.66. The molecule has 2 amide bonds. The van der Waals surface area contributed by atoms with E-state index in [1.807, 2.05) is 17.5 Å². The zero-order chi connectivity index (χ0) is 21.2. The van der Waals surface area contributed by atoms with Crippen LogP contribution in [-0.4, -0.2) is 58.7 Å². The third-order valence-electron chi connectivity index (χ3n) is 7.10. The van der Waals surface area contributed by atoms with Gasteiger partial charge in [-0.05, 0) is 41.3 Å². The van der Waals surface area contributed by atoms with Gasteiger partial charge in [0.05, 0.1) is 6.54 Å². The molecule has 0 N–H and O–H groups in total. The molecule has 1 aliphatic carbocycles. The highest BCUT2D eigenvalue weighted by molar-refractivity contribution is 7.09. The lowest BCUT2D eigenvalue weighted by Gasteiger charge is -2.46. The average Bonchev–Trinajstić information content (AvgIpc) is 3.31. The van der Waals surface area contributed by atoms with Crippen LogP contribution in [0.15, 0.2) is 41.8 Å². The number of nitrogens with zero attached hydrogens (tertiary/aromatic N) is 3. The molecule has 1 unspecified atom stereocenters. The van der Waals surface area contributed by atoms with Gasteiger partial charge in [0, 0.05) is 31.1 Å². The molecule has 6 heteroatoms. The van der Waals surface area contributed by atoms with Crippen LogP contribution < -0.4 is 0 Å². The predicted molar refractivity (Wildman–Crippen MR) is 123 cm³/mol. The van der Waals surface area contributed by atoms with Crippen molar-refractivity contribution in [2.75, 3.05) is 26.2 Å². The van der Waals surface area contributed by atoms with Gasteiger partial charge in [0.15, 0.2) is 0 Å². The van der Waals surface area contributed by atoms with Crippen LogP contribution in [0.1, 0.15) is 54.0 Å². The highest BCUT2D eigenvalue weighted by atomic mass is 32.1. The number of rotatable bonds is 5. The summed E-state index contributed by atoms with van der Waals surface area (Å²) < 4.78 is 0. The summed E-state index contributed by atoms with van der Waals surface area (Å²) in [6, 6.07) is 12.8. The summed E-state index contributed by atoms with van der Waals surface area (Å²) in [5.41, 5.74) is 2.77. The van der Waals surface area contributed by atoms with Gasteiger partial charge in [0.25, 0.3) is 0 Å². The Balaban J connectivity index is 1.22. The molecule has 2 aliphatic heterocycles. The van der Waals surface area contributed by atoms with E-state index in [1.54, 1.807) is 21.1 Å². The van der Waals surface area contributed by atoms with Crippen molar-refractivity contribution in [2.45, 2.75) is 57.2 Å². The van der Waals surface area contributed by atoms with Gasteiger partial charge in [0.2, 0.25) is 11.8 Å². The van der Waals surface area contributed by atoms with Gasteiger partial charge in [-0.3, -0.25) is 14.5 Å². The van der Waals surface area contributed by atoms with E-state index in [0.717, 1.165) is 23.9 Å². The lowest BCUT2D eigenvalue weighted by atomic mass is 9.84. The van der Waals surface area contributed by atoms with Gasteiger partial charge in [-0.25, -0.2) is 0 Å². The second-order valence-electron chi connectivity index (χ2n) is 9.19. The molecule has 0 bridgehead atoms. The standard InChI is InChI=1S/C25H31N3O2S/c29-24-18-27(16-22-7-4-14-31-22)25(30)23-17-26(12-13-28(23)24)15-19-8-10-21(11-9-19)20-5-2-1-3-6-20/h4,7-11,14,20,23H,1-3,5-6,12-13,15-18H2. The summed E-state index contributed by atoms with van der Waals surface area (Å²) in [7, 11) is 0. The number of carbonyl (C=O) groups excluding carboxylic acids is 2. The summed E-state index contributed by atoms with van der Waals surface area (Å²) in [6.07, 6.45) is 6.73. The van der Waals surface area contributed by atoms with Crippen molar-refractivity contribution in [1.29, 1.82) is 0 Å². The molecule has 5 rings (SSSR count). The molecule has 3 aliphatic rings. The molecule has 1 aromatic heterocycles. The smallest absolute Gasteiger partial charge is 0.247 e. The topological polar surface area (TPSA) is 43.9 Å². The zero-order valence-corrected chi connectivity index (χ0v) is 18.9. The highest BCUT2D eigenvalue weighted by Crippen LogP contribution is 2.32. The summed E-state index contributed by atoms with van der Waals surface area (Å²) >= 11 is 1.63. The third-order valence-corrected chi connectivity index (χ3v) is 7.96. The number of carbonyl (C=O) groups is 2. The fourth-order valence-corrected chi connectivity index (χ4v) is 6.07. The van der Waals surface area contributed by atoms with Gasteiger partial charge < -0.3 is 9.80 Å². The van der Waals surface area contributed by atoms with E-state index in [1.165, 1.54) is 43.2 Å². The van der Waals surface area contributed by atoms with Crippen LogP contribution in [0.4, 0.5) is 0 Å². The van der Waals surface area contributed by atoms with Gasteiger partial charge in [-0.2, -0.15) is 0 Å². The van der Waals surface area contributed by atoms with E-state index in [9.17, 15) is 9.59 Å². The van der Waals surface area contributed by atoms with Crippen molar-refractivity contribution in [3.05, 3.63) is 57.8 Å². The molecular weight excluding hydrogens is 406 g/mol. The maximum atomic E-state index is 13.2. The molecule has 1 atom stereocenters. The quantitative estimate of drug-likeness (QED) is 0.714. The SMILES string of the molecule is O=C1C2CN(Cc3ccc(C4CCCCC4)cc3)CCN2C(=O)CN1Cc1cccs1. The van der Waals surface area contributed by atoms with Gasteiger partial charge >= 0.3 is 0 Å². The molecule has 3 fully saturated rings. The number of fused-ring (bicyclic) bond motifs is 1. The highest BCUT2D eigenvalue weighted by Gasteiger charge is 2.42. The molecule has 164 valence electrons. The summed E-state index contributed by atoms with van der Waals surface area (Å²) in [5.74, 6) is 0.898. The fourth-order valence-electron chi connectivity index (χ4n) is 5.35. The van der Waals surface area contributed by atoms with Crippen LogP contribution in [0, 0.1) is 0 Å². The Morgan fingerprint density at radius 1 is 0.935 bits per heavy atom. The van der Waals surface area contributed by atoms with E-state index in [0.29, 0.717) is 19.6 Å². The van der Waals surface area contributed by atoms with E-state index in [4.69, 9.17) is 0 Å². The Bertz CT molecular complexity index is 905. The van der Waals surface area contributed by atoms with Crippen molar-refractivity contribution in [3.8, 4) is 0 Å². The molecule has 1 saturated carbocycles. The monoisotopic (exact) mass is 437 g/mol. The molecule has 0 radical (unpaired) electrons. The molecule has 0 spiro atoms. The number of thiophene rings is 1. The summed E-state index contributed by atoms with van der Waals surface area (Å²) in [6.45, 7) is 3.66. The maximum absolute atomic E-state index is 13.2. The van der Waals surface area contributed by atoms with Crippen LogP contribution >= 0.6 is 11.3 Å². The summed E-state index contributed by atoms with van der Waals surface area (Å²) in [4.78, 5) is 32.8. The van der Waals surface area contributed by atoms with Crippen molar-refractivity contribution in [3.63, 3.8) is 0 Å². The van der Waals surface area contributed by atoms with Crippen LogP contribution in [0.3, 0.4) is 0 Å². The van der Waals surface area contributed by atoms with Crippen molar-refractivity contribution < 1.29 is 9.59 Å². The Hall–Kier alpha value is -2.18. The second kappa shape index (κ2) is 9.13. The average molecular weight is 438 g/mol. The van der Waals surface area contributed by atoms with Gasteiger partial charge in [0.1, 0.15) is 12.6 Å². The Morgan fingerprint density at radius 2 is 1.74 bits per heavy atom. The normalized spacial score (nSPS) is 23.3. The number of hydrogen-bond donors (Lipinski definition) is 0. The van der Waals surface area contributed by atoms with E-state index in [2.05, 4.69) is 29.2 Å². The third kappa shape index (κ3) is 4.55. The Morgan fingerprint density at radius 3 is 2.48 bits per heavy atom. The Labute approximate surface area is 188 Å². The molecule has 3 heterocycles. The Kier molecular flexibility index (Phi) is 6.10. The molecule has 5 nitrogen and oxygen atoms in total. The zero-order valence-electron chi connectivity index (χ0n) is 18.0. The van der Waals surface area contributed by atoms with Gasteiger partial charge in [-0.1, -0.05) is 49.6 Å². The van der Waals surface area contributed by atoms with Gasteiger partial charge in [-0.15, -0.1) is 11.3 Å². The molecule has 31 heavy (non-hydrogen) atoms. The minimum absolute atomic E-state index is 0.0811. The van der Waals surface area contributed by atoms with Crippen LogP contribution in [-0.2, 0) is 22.7 Å². The first-order valence-corrected chi connectivity index (χ1v) is 12.5. The number of benzene rings is 1. The summed E-state index contributed by atoms with van der Waals surface area (Å²) in [5, 5.41) is 2.01. The lowest BCUT2D eigenvalue weighted by molar-refractivity contribution is -0.160. The van der Waals surface area contributed by atoms with Crippen molar-refractivity contribution >= 4 is 23.2 Å². The first-order valence-electron chi connectivity index (χ1n) is 11.6. The second-order valence-corrected chi connectivity index (χ2v) is 10.2. The van der Waals surface area contributed by atoms with Crippen LogP contribution in [0.2, 0.25) is 0 Å². The van der Waals surface area contributed by atoms with E-state index < -0.39 is 0 Å². The van der Waals surface area contributed by atoms with Crippen molar-refractivity contribution in [1.82, 2.24) is 14.7 Å². The molecule has 2 aromatic rings. The number of hydrogen-bond acceptors (Lipinski definition) is 4. The maximum Gasteiger partial charge on any atom is 0.247 e. The minimum atomic E-state index is -0.350. The fraction of sp³-hybridized carbons (Fsp3) is 0.520. The van der Waals surface area contributed by atoms with E-state index in [-0.39, 0.29) is 24.4 Å². The molecule has 2 saturated heterocycles. The largest absolute Gasteiger partial charge is 0.327 e. The molecule has 1 aromatic carbocycles. The first kappa shape index (κ1) is 20.7. The minimum Gasteiger partial charge on any atom is -0.327 e. The van der Waals surface area contributed by atoms with E-state index >= 15 is 0 Å². The van der Waals surface area contributed by atoms with Crippen LogP contribution in [0.5, 0.6) is 0 Å². The number of amides is 2. The van der Waals surface area contributed by atoms with Crippen molar-refractivity contribution in [2.24, 2.45) is 0 Å². The first-order chi connectivity index (χ1) is 15.2. The molecular formula is C25H31N3O2S. The number of piperazine rings is 2. The predicted octanol–water partition coefficient (Wildman–Crippen LogP) is 3.85.